The Hall–Kier alpha value is -2.85. The number of amides is 1. The number of carbonyl (C=O) groups is 1. The molecule has 27 heavy (non-hydrogen) atoms. The molecular weight excluding hydrogens is 336 g/mol. The number of carbonyl (C=O) groups excluding carboxylic acids is 1. The van der Waals surface area contributed by atoms with Crippen molar-refractivity contribution in [2.45, 2.75) is 19.4 Å². The lowest BCUT2D eigenvalue weighted by molar-refractivity contribution is -0.118. The lowest BCUT2D eigenvalue weighted by Gasteiger charge is -2.15. The highest BCUT2D eigenvalue weighted by atomic mass is 16.5. The molecule has 1 fully saturated rings. The number of likely N-dealkylation sites (tertiary alicyclic amines) is 1. The zero-order valence-corrected chi connectivity index (χ0v) is 15.4. The fraction of sp³-hybridized carbons (Fsp3) is 0.261. The molecule has 138 valence electrons. The van der Waals surface area contributed by atoms with Crippen LogP contribution >= 0.6 is 0 Å². The Morgan fingerprint density at radius 1 is 0.926 bits per heavy atom. The third-order valence-electron chi connectivity index (χ3n) is 4.93. The Balaban J connectivity index is 1.29. The number of nitrogens with one attached hydrogen (secondary N) is 1. The molecule has 1 heterocycles. The summed E-state index contributed by atoms with van der Waals surface area (Å²) < 4.78 is 5.64. The second-order valence-electron chi connectivity index (χ2n) is 7.03. The zero-order valence-electron chi connectivity index (χ0n) is 15.4. The van der Waals surface area contributed by atoms with Crippen LogP contribution in [0.15, 0.2) is 66.7 Å². The van der Waals surface area contributed by atoms with Crippen LogP contribution in [0.1, 0.15) is 18.4 Å². The van der Waals surface area contributed by atoms with E-state index in [1.54, 1.807) is 0 Å². The van der Waals surface area contributed by atoms with Crippen molar-refractivity contribution < 1.29 is 9.53 Å². The molecule has 4 nitrogen and oxygen atoms in total. The lowest BCUT2D eigenvalue weighted by atomic mass is 10.1. The maximum absolute atomic E-state index is 12.2. The van der Waals surface area contributed by atoms with Gasteiger partial charge in [-0.25, -0.2) is 0 Å². The molecule has 0 saturated carbocycles. The normalized spacial score (nSPS) is 14.4. The summed E-state index contributed by atoms with van der Waals surface area (Å²) in [5.74, 6) is 0.542. The molecule has 1 saturated heterocycles. The SMILES string of the molecule is O=C(COc1ccc2ccccc2c1)Nc1ccc(CN2CCCC2)cc1. The highest BCUT2D eigenvalue weighted by molar-refractivity contribution is 5.92. The first-order valence-electron chi connectivity index (χ1n) is 9.49. The van der Waals surface area contributed by atoms with E-state index < -0.39 is 0 Å². The minimum Gasteiger partial charge on any atom is -0.484 e. The van der Waals surface area contributed by atoms with Crippen LogP contribution in [-0.2, 0) is 11.3 Å². The predicted molar refractivity (Wildman–Crippen MR) is 109 cm³/mol. The Bertz CT molecular complexity index is 915. The van der Waals surface area contributed by atoms with E-state index in [0.717, 1.165) is 23.0 Å². The zero-order chi connectivity index (χ0) is 18.5. The first kappa shape index (κ1) is 17.6. The first-order chi connectivity index (χ1) is 13.3. The summed E-state index contributed by atoms with van der Waals surface area (Å²) in [4.78, 5) is 14.6. The molecule has 4 rings (SSSR count). The molecule has 3 aromatic rings. The Morgan fingerprint density at radius 2 is 1.67 bits per heavy atom. The van der Waals surface area contributed by atoms with Gasteiger partial charge in [-0.15, -0.1) is 0 Å². The van der Waals surface area contributed by atoms with E-state index in [4.69, 9.17) is 4.74 Å². The van der Waals surface area contributed by atoms with Gasteiger partial charge in [0.05, 0.1) is 0 Å². The number of nitrogens with zero attached hydrogens (tertiary/aromatic N) is 1. The quantitative estimate of drug-likeness (QED) is 0.706. The Kier molecular flexibility index (Phi) is 5.35. The van der Waals surface area contributed by atoms with Gasteiger partial charge >= 0.3 is 0 Å². The van der Waals surface area contributed by atoms with Crippen molar-refractivity contribution >= 4 is 22.4 Å². The van der Waals surface area contributed by atoms with Crippen LogP contribution in [0.2, 0.25) is 0 Å². The number of hydrogen-bond donors (Lipinski definition) is 1. The lowest BCUT2D eigenvalue weighted by Crippen LogP contribution is -2.20. The van der Waals surface area contributed by atoms with Gasteiger partial charge in [0.2, 0.25) is 0 Å². The van der Waals surface area contributed by atoms with Crippen LogP contribution in [0.25, 0.3) is 10.8 Å². The third-order valence-corrected chi connectivity index (χ3v) is 4.93. The number of fused-ring (bicyclic) bond motifs is 1. The summed E-state index contributed by atoms with van der Waals surface area (Å²) in [5, 5.41) is 5.15. The number of anilines is 1. The van der Waals surface area contributed by atoms with E-state index in [-0.39, 0.29) is 12.5 Å². The van der Waals surface area contributed by atoms with Crippen molar-refractivity contribution in [3.8, 4) is 5.75 Å². The van der Waals surface area contributed by atoms with Crippen molar-refractivity contribution in [1.82, 2.24) is 4.90 Å². The molecule has 0 spiro atoms. The fourth-order valence-corrected chi connectivity index (χ4v) is 3.50. The summed E-state index contributed by atoms with van der Waals surface area (Å²) in [6, 6.07) is 22.0. The van der Waals surface area contributed by atoms with E-state index in [2.05, 4.69) is 28.4 Å². The van der Waals surface area contributed by atoms with Gasteiger partial charge in [-0.05, 0) is 66.5 Å². The average molecular weight is 360 g/mol. The van der Waals surface area contributed by atoms with Crippen molar-refractivity contribution in [3.63, 3.8) is 0 Å². The van der Waals surface area contributed by atoms with E-state index in [9.17, 15) is 4.79 Å². The topological polar surface area (TPSA) is 41.6 Å². The van der Waals surface area contributed by atoms with Crippen LogP contribution in [0.4, 0.5) is 5.69 Å². The van der Waals surface area contributed by atoms with Gasteiger partial charge in [0.1, 0.15) is 5.75 Å². The van der Waals surface area contributed by atoms with Gasteiger partial charge in [0.15, 0.2) is 6.61 Å². The van der Waals surface area contributed by atoms with E-state index >= 15 is 0 Å². The first-order valence-corrected chi connectivity index (χ1v) is 9.49. The van der Waals surface area contributed by atoms with Crippen LogP contribution in [0, 0.1) is 0 Å². The molecule has 1 aliphatic heterocycles. The third kappa shape index (κ3) is 4.66. The minimum atomic E-state index is -0.157. The molecule has 0 aromatic heterocycles. The molecule has 3 aromatic carbocycles. The Labute approximate surface area is 159 Å². The molecular formula is C23H24N2O2. The molecule has 0 unspecified atom stereocenters. The van der Waals surface area contributed by atoms with Crippen molar-refractivity contribution in [1.29, 1.82) is 0 Å². The van der Waals surface area contributed by atoms with Crippen LogP contribution in [0.5, 0.6) is 5.75 Å². The average Bonchev–Trinajstić information content (AvgIpc) is 3.21. The highest BCUT2D eigenvalue weighted by Gasteiger charge is 2.11. The summed E-state index contributed by atoms with van der Waals surface area (Å²) >= 11 is 0. The smallest absolute Gasteiger partial charge is 0.262 e. The maximum atomic E-state index is 12.2. The summed E-state index contributed by atoms with van der Waals surface area (Å²) in [6.45, 7) is 3.35. The molecule has 0 aliphatic carbocycles. The van der Waals surface area contributed by atoms with Gasteiger partial charge < -0.3 is 10.1 Å². The van der Waals surface area contributed by atoms with Crippen molar-refractivity contribution in [2.75, 3.05) is 25.0 Å². The molecule has 4 heteroatoms. The van der Waals surface area contributed by atoms with Gasteiger partial charge in [0, 0.05) is 12.2 Å². The highest BCUT2D eigenvalue weighted by Crippen LogP contribution is 2.20. The van der Waals surface area contributed by atoms with Crippen LogP contribution in [0.3, 0.4) is 0 Å². The monoisotopic (exact) mass is 360 g/mol. The second-order valence-corrected chi connectivity index (χ2v) is 7.03. The fourth-order valence-electron chi connectivity index (χ4n) is 3.50. The van der Waals surface area contributed by atoms with Crippen molar-refractivity contribution in [3.05, 3.63) is 72.3 Å². The number of benzene rings is 3. The molecule has 0 radical (unpaired) electrons. The van der Waals surface area contributed by atoms with Gasteiger partial charge in [-0.3, -0.25) is 9.69 Å². The number of ether oxygens (including phenoxy) is 1. The van der Waals surface area contributed by atoms with E-state index in [1.165, 1.54) is 31.5 Å². The predicted octanol–water partition coefficient (Wildman–Crippen LogP) is 4.45. The number of hydrogen-bond acceptors (Lipinski definition) is 3. The van der Waals surface area contributed by atoms with Crippen LogP contribution < -0.4 is 10.1 Å². The van der Waals surface area contributed by atoms with E-state index in [1.807, 2.05) is 48.5 Å². The number of rotatable bonds is 6. The van der Waals surface area contributed by atoms with Crippen molar-refractivity contribution in [2.24, 2.45) is 0 Å². The molecule has 0 bridgehead atoms. The summed E-state index contributed by atoms with van der Waals surface area (Å²) in [6.07, 6.45) is 2.59. The van der Waals surface area contributed by atoms with Gasteiger partial charge in [-0.2, -0.15) is 0 Å². The van der Waals surface area contributed by atoms with Gasteiger partial charge in [-0.1, -0.05) is 42.5 Å². The Morgan fingerprint density at radius 3 is 2.44 bits per heavy atom. The minimum absolute atomic E-state index is 0.00608. The summed E-state index contributed by atoms with van der Waals surface area (Å²) in [5.41, 5.74) is 2.08. The van der Waals surface area contributed by atoms with Crippen LogP contribution in [-0.4, -0.2) is 30.5 Å². The largest absolute Gasteiger partial charge is 0.484 e. The van der Waals surface area contributed by atoms with Gasteiger partial charge in [0.25, 0.3) is 5.91 Å². The molecule has 1 aliphatic rings. The molecule has 0 atom stereocenters. The standard InChI is InChI=1S/C23H24N2O2/c26-23(17-27-22-12-9-19-5-1-2-6-20(19)15-22)24-21-10-7-18(8-11-21)16-25-13-3-4-14-25/h1-2,5-12,15H,3-4,13-14,16-17H2,(H,24,26). The molecule has 1 amide bonds. The summed E-state index contributed by atoms with van der Waals surface area (Å²) in [7, 11) is 0. The molecule has 1 N–H and O–H groups in total. The second kappa shape index (κ2) is 8.23. The van der Waals surface area contributed by atoms with E-state index in [0.29, 0.717) is 5.75 Å². The maximum Gasteiger partial charge on any atom is 0.262 e.